The molecule has 0 saturated heterocycles. The van der Waals surface area contributed by atoms with E-state index in [0.29, 0.717) is 6.54 Å². The number of nitrogens with zero attached hydrogens (tertiary/aromatic N) is 1. The largest absolute Gasteiger partial charge is 0.330 e. The summed E-state index contributed by atoms with van der Waals surface area (Å²) >= 11 is 0. The van der Waals surface area contributed by atoms with Crippen molar-refractivity contribution < 1.29 is 0 Å². The Hall–Kier alpha value is -0.700. The van der Waals surface area contributed by atoms with Crippen molar-refractivity contribution in [3.8, 4) is 0 Å². The van der Waals surface area contributed by atoms with E-state index in [2.05, 4.69) is 18.2 Å². The quantitative estimate of drug-likeness (QED) is 0.352. The Balaban J connectivity index is 3.62. The molecule has 14 heavy (non-hydrogen) atoms. The van der Waals surface area contributed by atoms with Crippen LogP contribution in [-0.4, -0.2) is 13.1 Å². The van der Waals surface area contributed by atoms with Gasteiger partial charge in [0.1, 0.15) is 0 Å². The first-order valence-corrected chi connectivity index (χ1v) is 5.52. The van der Waals surface area contributed by atoms with Crippen LogP contribution in [0, 0.1) is 4.91 Å². The van der Waals surface area contributed by atoms with Crippen LogP contribution in [0.4, 0.5) is 0 Å². The zero-order valence-corrected chi connectivity index (χ0v) is 9.17. The lowest BCUT2D eigenvalue weighted by Gasteiger charge is -2.04. The monoisotopic (exact) mass is 198 g/mol. The summed E-state index contributed by atoms with van der Waals surface area (Å²) in [5, 5.41) is 2.89. The van der Waals surface area contributed by atoms with Gasteiger partial charge in [0, 0.05) is 0 Å². The summed E-state index contributed by atoms with van der Waals surface area (Å²) in [5.74, 6) is 0. The van der Waals surface area contributed by atoms with Crippen LogP contribution in [-0.2, 0) is 0 Å². The van der Waals surface area contributed by atoms with E-state index in [9.17, 15) is 4.91 Å². The van der Waals surface area contributed by atoms with Gasteiger partial charge in [0.2, 0.25) is 0 Å². The van der Waals surface area contributed by atoms with Crippen molar-refractivity contribution in [2.75, 3.05) is 13.1 Å². The molecule has 0 rings (SSSR count). The first kappa shape index (κ1) is 13.3. The predicted octanol–water partition coefficient (Wildman–Crippen LogP) is 3.00. The summed E-state index contributed by atoms with van der Waals surface area (Å²) in [6.07, 6.45) is 8.67. The lowest BCUT2D eigenvalue weighted by Crippen LogP contribution is -1.98. The van der Waals surface area contributed by atoms with Gasteiger partial charge in [-0.05, 0) is 38.6 Å². The molecule has 3 nitrogen and oxygen atoms in total. The number of hydrogen-bond donors (Lipinski definition) is 1. The van der Waals surface area contributed by atoms with Crippen molar-refractivity contribution in [3.63, 3.8) is 0 Å². The first-order chi connectivity index (χ1) is 6.85. The van der Waals surface area contributed by atoms with Gasteiger partial charge in [-0.3, -0.25) is 0 Å². The lowest BCUT2D eigenvalue weighted by atomic mass is 10.0. The average Bonchev–Trinajstić information content (AvgIpc) is 2.20. The van der Waals surface area contributed by atoms with E-state index in [1.807, 2.05) is 0 Å². The molecule has 0 amide bonds. The van der Waals surface area contributed by atoms with Crippen LogP contribution in [0.25, 0.3) is 0 Å². The predicted molar refractivity (Wildman–Crippen MR) is 61.2 cm³/mol. The minimum Gasteiger partial charge on any atom is -0.330 e. The van der Waals surface area contributed by atoms with Crippen LogP contribution in [0.5, 0.6) is 0 Å². The topological polar surface area (TPSA) is 55.4 Å². The van der Waals surface area contributed by atoms with Crippen molar-refractivity contribution in [1.82, 2.24) is 0 Å². The summed E-state index contributed by atoms with van der Waals surface area (Å²) in [4.78, 5) is 10.00. The lowest BCUT2D eigenvalue weighted by molar-refractivity contribution is 0.670. The van der Waals surface area contributed by atoms with Crippen molar-refractivity contribution in [3.05, 3.63) is 16.6 Å². The number of hydrogen-bond acceptors (Lipinski definition) is 3. The molecule has 82 valence electrons. The van der Waals surface area contributed by atoms with Gasteiger partial charge in [0.25, 0.3) is 0 Å². The van der Waals surface area contributed by atoms with Gasteiger partial charge in [0.05, 0.1) is 6.54 Å². The molecule has 2 N–H and O–H groups in total. The van der Waals surface area contributed by atoms with Gasteiger partial charge in [0.15, 0.2) is 0 Å². The van der Waals surface area contributed by atoms with Crippen molar-refractivity contribution in [1.29, 1.82) is 0 Å². The van der Waals surface area contributed by atoms with Crippen LogP contribution >= 0.6 is 0 Å². The zero-order valence-electron chi connectivity index (χ0n) is 9.17. The van der Waals surface area contributed by atoms with Crippen LogP contribution < -0.4 is 5.73 Å². The smallest absolute Gasteiger partial charge is 0.0848 e. The van der Waals surface area contributed by atoms with Crippen molar-refractivity contribution in [2.24, 2.45) is 10.9 Å². The minimum atomic E-state index is 0.419. The number of unbranched alkanes of at least 4 members (excludes halogenated alkanes) is 2. The van der Waals surface area contributed by atoms with Gasteiger partial charge >= 0.3 is 0 Å². The van der Waals surface area contributed by atoms with Gasteiger partial charge in [-0.25, -0.2) is 0 Å². The third-order valence-electron chi connectivity index (χ3n) is 2.22. The molecular formula is C11H22N2O. The summed E-state index contributed by atoms with van der Waals surface area (Å²) in [5.41, 5.74) is 6.79. The second kappa shape index (κ2) is 10.4. The Morgan fingerprint density at radius 2 is 2.07 bits per heavy atom. The maximum absolute atomic E-state index is 10.00. The van der Waals surface area contributed by atoms with Crippen molar-refractivity contribution >= 4 is 0 Å². The van der Waals surface area contributed by atoms with Gasteiger partial charge in [-0.2, -0.15) is 4.91 Å². The van der Waals surface area contributed by atoms with Crippen LogP contribution in [0.1, 0.15) is 45.4 Å². The van der Waals surface area contributed by atoms with E-state index in [0.717, 1.165) is 32.2 Å². The minimum absolute atomic E-state index is 0.419. The van der Waals surface area contributed by atoms with E-state index in [1.165, 1.54) is 18.4 Å². The molecule has 0 aromatic carbocycles. The SMILES string of the molecule is CC/C=C(\CCCCCN)CCN=O. The van der Waals surface area contributed by atoms with E-state index < -0.39 is 0 Å². The average molecular weight is 198 g/mol. The second-order valence-electron chi connectivity index (χ2n) is 3.47. The molecule has 0 spiro atoms. The second-order valence-corrected chi connectivity index (χ2v) is 3.47. The zero-order chi connectivity index (χ0) is 10.6. The molecule has 0 bridgehead atoms. The molecule has 0 aliphatic heterocycles. The maximum Gasteiger partial charge on any atom is 0.0848 e. The van der Waals surface area contributed by atoms with Crippen LogP contribution in [0.15, 0.2) is 16.8 Å². The standard InChI is InChI=1S/C11H22N2O/c1-2-6-11(8-10-13-14)7-4-3-5-9-12/h6H,2-5,7-10,12H2,1H3/b11-6+. The summed E-state index contributed by atoms with van der Waals surface area (Å²) in [6.45, 7) is 3.32. The third kappa shape index (κ3) is 7.92. The Morgan fingerprint density at radius 1 is 1.29 bits per heavy atom. The molecule has 0 aliphatic carbocycles. The van der Waals surface area contributed by atoms with Crippen molar-refractivity contribution in [2.45, 2.75) is 45.4 Å². The molecule has 0 unspecified atom stereocenters. The van der Waals surface area contributed by atoms with Gasteiger partial charge in [-0.1, -0.05) is 30.2 Å². The number of nitrogens with two attached hydrogens (primary N) is 1. The Labute approximate surface area is 86.7 Å². The highest BCUT2D eigenvalue weighted by Gasteiger charge is 1.97. The molecule has 0 heterocycles. The molecule has 0 fully saturated rings. The van der Waals surface area contributed by atoms with Gasteiger partial charge in [-0.15, -0.1) is 0 Å². The maximum atomic E-state index is 10.00. The number of rotatable bonds is 9. The van der Waals surface area contributed by atoms with Gasteiger partial charge < -0.3 is 5.73 Å². The molecule has 0 aromatic heterocycles. The highest BCUT2D eigenvalue weighted by Crippen LogP contribution is 2.13. The summed E-state index contributed by atoms with van der Waals surface area (Å²) < 4.78 is 0. The van der Waals surface area contributed by atoms with E-state index in [-0.39, 0.29) is 0 Å². The fourth-order valence-corrected chi connectivity index (χ4v) is 1.48. The fraction of sp³-hybridized carbons (Fsp3) is 0.818. The molecule has 0 saturated carbocycles. The summed E-state index contributed by atoms with van der Waals surface area (Å²) in [7, 11) is 0. The first-order valence-electron chi connectivity index (χ1n) is 5.52. The third-order valence-corrected chi connectivity index (χ3v) is 2.22. The highest BCUT2D eigenvalue weighted by atomic mass is 16.3. The normalized spacial score (nSPS) is 11.7. The van der Waals surface area contributed by atoms with E-state index in [4.69, 9.17) is 5.73 Å². The van der Waals surface area contributed by atoms with Crippen LogP contribution in [0.3, 0.4) is 0 Å². The van der Waals surface area contributed by atoms with Crippen LogP contribution in [0.2, 0.25) is 0 Å². The summed E-state index contributed by atoms with van der Waals surface area (Å²) in [6, 6.07) is 0. The molecule has 3 heteroatoms. The number of nitroso groups, excluding NO2 is 1. The van der Waals surface area contributed by atoms with E-state index in [1.54, 1.807) is 0 Å². The molecule has 0 aliphatic rings. The number of allylic oxidation sites excluding steroid dienone is 1. The Morgan fingerprint density at radius 3 is 2.64 bits per heavy atom. The molecule has 0 radical (unpaired) electrons. The molecule has 0 atom stereocenters. The fourth-order valence-electron chi connectivity index (χ4n) is 1.48. The van der Waals surface area contributed by atoms with E-state index >= 15 is 0 Å². The highest BCUT2D eigenvalue weighted by molar-refractivity contribution is 5.01. The Bertz CT molecular complexity index is 167. The molecular weight excluding hydrogens is 176 g/mol. The molecule has 0 aromatic rings. The Kier molecular flexibility index (Phi) is 9.86.